The largest absolute Gasteiger partial charge is 0.490 e. The number of benzene rings is 1. The van der Waals surface area contributed by atoms with Gasteiger partial charge in [-0.05, 0) is 37.5 Å². The van der Waals surface area contributed by atoms with Crippen LogP contribution >= 0.6 is 0 Å². The number of carboxylic acid groups (broad SMARTS) is 2. The molecule has 15 heteroatoms. The first-order valence-corrected chi connectivity index (χ1v) is 11.8. The van der Waals surface area contributed by atoms with Gasteiger partial charge in [0.15, 0.2) is 0 Å². The van der Waals surface area contributed by atoms with Gasteiger partial charge in [0.05, 0.1) is 24.2 Å². The highest BCUT2D eigenvalue weighted by atomic mass is 19.4. The third kappa shape index (κ3) is 10.1. The van der Waals surface area contributed by atoms with Crippen molar-refractivity contribution in [3.63, 3.8) is 0 Å². The highest BCUT2D eigenvalue weighted by Gasteiger charge is 2.41. The van der Waals surface area contributed by atoms with E-state index < -0.39 is 24.3 Å². The van der Waals surface area contributed by atoms with Gasteiger partial charge in [-0.3, -0.25) is 4.90 Å². The maximum Gasteiger partial charge on any atom is 0.490 e. The number of aliphatic carboxylic acids is 2. The lowest BCUT2D eigenvalue weighted by atomic mass is 9.90. The molecule has 2 aliphatic rings. The third-order valence-corrected chi connectivity index (χ3v) is 6.02. The fourth-order valence-electron chi connectivity index (χ4n) is 4.21. The minimum absolute atomic E-state index is 0.0428. The fraction of sp³-hybridized carbons (Fsp3) is 0.542. The van der Waals surface area contributed by atoms with Gasteiger partial charge < -0.3 is 24.4 Å². The Morgan fingerprint density at radius 2 is 1.67 bits per heavy atom. The zero-order valence-corrected chi connectivity index (χ0v) is 21.3. The van der Waals surface area contributed by atoms with Gasteiger partial charge in [0.25, 0.3) is 0 Å². The molecule has 2 fully saturated rings. The van der Waals surface area contributed by atoms with Crippen molar-refractivity contribution in [2.75, 3.05) is 37.7 Å². The summed E-state index contributed by atoms with van der Waals surface area (Å²) in [6, 6.07) is 8.83. The van der Waals surface area contributed by atoms with Gasteiger partial charge in [-0.25, -0.2) is 14.6 Å². The summed E-state index contributed by atoms with van der Waals surface area (Å²) in [6.07, 6.45) is -3.97. The molecule has 39 heavy (non-hydrogen) atoms. The number of morpholine rings is 1. The van der Waals surface area contributed by atoms with E-state index in [1.54, 1.807) is 0 Å². The molecule has 0 aliphatic carbocycles. The first kappa shape index (κ1) is 31.9. The van der Waals surface area contributed by atoms with Crippen LogP contribution in [0, 0.1) is 6.92 Å². The summed E-state index contributed by atoms with van der Waals surface area (Å²) in [7, 11) is 2.07. The second kappa shape index (κ2) is 13.2. The number of rotatable bonds is 3. The van der Waals surface area contributed by atoms with Crippen LogP contribution in [0.25, 0.3) is 0 Å². The fourth-order valence-corrected chi connectivity index (χ4v) is 4.21. The summed E-state index contributed by atoms with van der Waals surface area (Å²) in [5, 5.41) is 14.2. The van der Waals surface area contributed by atoms with Crippen molar-refractivity contribution in [3.8, 4) is 0 Å². The summed E-state index contributed by atoms with van der Waals surface area (Å²) in [6.45, 7) is 8.04. The van der Waals surface area contributed by atoms with Crippen molar-refractivity contribution in [1.82, 2.24) is 14.5 Å². The average Bonchev–Trinajstić information content (AvgIpc) is 3.23. The molecule has 1 aromatic carbocycles. The van der Waals surface area contributed by atoms with Crippen LogP contribution in [0.1, 0.15) is 24.1 Å². The molecule has 2 N–H and O–H groups in total. The molecule has 2 aliphatic heterocycles. The number of piperidine rings is 1. The predicted octanol–water partition coefficient (Wildman–Crippen LogP) is 3.87. The molecule has 1 spiro atoms. The number of anilines is 1. The molecule has 2 aromatic rings. The summed E-state index contributed by atoms with van der Waals surface area (Å²) in [5.41, 5.74) is 3.87. The van der Waals surface area contributed by atoms with Gasteiger partial charge in [-0.1, -0.05) is 12.1 Å². The molecule has 4 rings (SSSR count). The minimum atomic E-state index is -5.08. The second-order valence-electron chi connectivity index (χ2n) is 9.21. The Morgan fingerprint density at radius 1 is 1.05 bits per heavy atom. The van der Waals surface area contributed by atoms with E-state index >= 15 is 0 Å². The zero-order valence-electron chi connectivity index (χ0n) is 21.3. The van der Waals surface area contributed by atoms with Crippen molar-refractivity contribution in [1.29, 1.82) is 0 Å². The van der Waals surface area contributed by atoms with Crippen molar-refractivity contribution in [2.45, 2.75) is 44.3 Å². The Hall–Kier alpha value is -3.33. The van der Waals surface area contributed by atoms with E-state index in [1.807, 2.05) is 12.5 Å². The first-order valence-electron chi connectivity index (χ1n) is 11.8. The standard InChI is InChI=1S/C20H28N4O.2C2HF3O2/c1-17-5-3-6-18(11-17)24-8-4-7-20(15-24)14-23(9-10-25-20)13-19-12-21-16-22(19)2;2*3-2(4,5)1(6)7/h3,5-6,11-12,16H,4,7-10,13-15H2,1-2H3;2*(H,6,7). The van der Waals surface area contributed by atoms with Crippen LogP contribution < -0.4 is 4.90 Å². The Morgan fingerprint density at radius 3 is 2.18 bits per heavy atom. The van der Waals surface area contributed by atoms with E-state index in [2.05, 4.69) is 57.6 Å². The number of nitrogens with zero attached hydrogens (tertiary/aromatic N) is 4. The molecule has 9 nitrogen and oxygen atoms in total. The normalized spacial score (nSPS) is 19.9. The number of hydrogen-bond donors (Lipinski definition) is 2. The van der Waals surface area contributed by atoms with Crippen molar-refractivity contribution >= 4 is 17.6 Å². The smallest absolute Gasteiger partial charge is 0.475 e. The topological polar surface area (TPSA) is 108 Å². The highest BCUT2D eigenvalue weighted by Crippen LogP contribution is 2.32. The number of ether oxygens (including phenoxy) is 1. The molecule has 1 atom stereocenters. The molecule has 0 amide bonds. The number of halogens is 6. The van der Waals surface area contributed by atoms with Crippen LogP contribution in [-0.4, -0.2) is 87.3 Å². The number of alkyl halides is 6. The number of aryl methyl sites for hydroxylation is 2. The van der Waals surface area contributed by atoms with Crippen LogP contribution in [-0.2, 0) is 27.9 Å². The van der Waals surface area contributed by atoms with Gasteiger partial charge in [0, 0.05) is 51.7 Å². The van der Waals surface area contributed by atoms with Crippen LogP contribution in [0.3, 0.4) is 0 Å². The quantitative estimate of drug-likeness (QED) is 0.538. The molecule has 1 aromatic heterocycles. The SMILES string of the molecule is Cc1cccc(N2CCCC3(CN(Cc4cncn4C)CCO3)C2)c1.O=C(O)C(F)(F)F.O=C(O)C(F)(F)F. The van der Waals surface area contributed by atoms with E-state index in [4.69, 9.17) is 24.5 Å². The maximum atomic E-state index is 10.6. The van der Waals surface area contributed by atoms with E-state index in [9.17, 15) is 26.3 Å². The van der Waals surface area contributed by atoms with Crippen LogP contribution in [0.4, 0.5) is 32.0 Å². The second-order valence-corrected chi connectivity index (χ2v) is 9.21. The van der Waals surface area contributed by atoms with Gasteiger partial charge in [0.2, 0.25) is 0 Å². The molecule has 0 saturated carbocycles. The van der Waals surface area contributed by atoms with Crippen molar-refractivity contribution in [2.24, 2.45) is 7.05 Å². The molecular formula is C24H30F6N4O5. The first-order chi connectivity index (χ1) is 18.0. The molecule has 2 saturated heterocycles. The number of imidazole rings is 1. The lowest BCUT2D eigenvalue weighted by Crippen LogP contribution is -2.59. The molecule has 218 valence electrons. The summed E-state index contributed by atoms with van der Waals surface area (Å²) in [5.74, 6) is -5.51. The third-order valence-electron chi connectivity index (χ3n) is 6.02. The van der Waals surface area contributed by atoms with E-state index in [1.165, 1.54) is 23.4 Å². The molecule has 1 unspecified atom stereocenters. The van der Waals surface area contributed by atoms with Gasteiger partial charge in [-0.15, -0.1) is 0 Å². The number of carbonyl (C=O) groups is 2. The summed E-state index contributed by atoms with van der Waals surface area (Å²) < 4.78 is 71.9. The van der Waals surface area contributed by atoms with Crippen LogP contribution in [0.2, 0.25) is 0 Å². The van der Waals surface area contributed by atoms with E-state index in [0.717, 1.165) is 45.8 Å². The monoisotopic (exact) mass is 568 g/mol. The number of carboxylic acids is 2. The average molecular weight is 569 g/mol. The molecule has 3 heterocycles. The summed E-state index contributed by atoms with van der Waals surface area (Å²) >= 11 is 0. The van der Waals surface area contributed by atoms with E-state index in [-0.39, 0.29) is 5.60 Å². The van der Waals surface area contributed by atoms with Gasteiger partial charge in [0.1, 0.15) is 0 Å². The summed E-state index contributed by atoms with van der Waals surface area (Å²) in [4.78, 5) is 27.1. The molecular weight excluding hydrogens is 538 g/mol. The Kier molecular flexibility index (Phi) is 10.8. The Balaban J connectivity index is 0.000000317. The van der Waals surface area contributed by atoms with Crippen molar-refractivity contribution in [3.05, 3.63) is 48.0 Å². The highest BCUT2D eigenvalue weighted by molar-refractivity contribution is 5.73. The predicted molar refractivity (Wildman–Crippen MR) is 127 cm³/mol. The maximum absolute atomic E-state index is 10.6. The Labute approximate surface area is 220 Å². The lowest BCUT2D eigenvalue weighted by molar-refractivity contribution is -0.193. The molecule has 0 radical (unpaired) electrons. The Bertz CT molecular complexity index is 1080. The van der Waals surface area contributed by atoms with Crippen LogP contribution in [0.15, 0.2) is 36.8 Å². The minimum Gasteiger partial charge on any atom is -0.475 e. The molecule has 0 bridgehead atoms. The van der Waals surface area contributed by atoms with E-state index in [0.29, 0.717) is 0 Å². The number of aromatic nitrogens is 2. The van der Waals surface area contributed by atoms with Gasteiger partial charge >= 0.3 is 24.3 Å². The van der Waals surface area contributed by atoms with Gasteiger partial charge in [-0.2, -0.15) is 26.3 Å². The zero-order chi connectivity index (χ0) is 29.4. The number of hydrogen-bond acceptors (Lipinski definition) is 6. The van der Waals surface area contributed by atoms with Crippen LogP contribution in [0.5, 0.6) is 0 Å². The lowest BCUT2D eigenvalue weighted by Gasteiger charge is -2.48. The van der Waals surface area contributed by atoms with Crippen molar-refractivity contribution < 1.29 is 50.9 Å².